The van der Waals surface area contributed by atoms with Gasteiger partial charge in [0.15, 0.2) is 21.3 Å². The topological polar surface area (TPSA) is 112 Å². The lowest BCUT2D eigenvalue weighted by Gasteiger charge is -2.25. The van der Waals surface area contributed by atoms with Crippen LogP contribution in [-0.4, -0.2) is 66.1 Å². The SMILES string of the molecule is C[C@H](Sc1nnc(-c2ccc3c(c2)OCO3)o1)C(=O)N(C)[C@H]1CCS(=O)(=O)C1. The van der Waals surface area contributed by atoms with Gasteiger partial charge in [0.2, 0.25) is 18.6 Å². The molecule has 1 saturated heterocycles. The molecule has 0 aliphatic carbocycles. The number of sulfone groups is 1. The van der Waals surface area contributed by atoms with Gasteiger partial charge in [0, 0.05) is 18.7 Å². The second kappa shape index (κ2) is 7.28. The van der Waals surface area contributed by atoms with E-state index in [0.717, 1.165) is 11.8 Å². The maximum Gasteiger partial charge on any atom is 0.277 e. The van der Waals surface area contributed by atoms with Gasteiger partial charge in [0.05, 0.1) is 16.8 Å². The Morgan fingerprint density at radius 3 is 2.82 bits per heavy atom. The van der Waals surface area contributed by atoms with Crippen molar-refractivity contribution in [1.82, 2.24) is 15.1 Å². The Morgan fingerprint density at radius 1 is 1.29 bits per heavy atom. The molecular weight excluding hydrogens is 406 g/mol. The van der Waals surface area contributed by atoms with Crippen LogP contribution in [0.3, 0.4) is 0 Å². The number of thioether (sulfide) groups is 1. The molecule has 0 saturated carbocycles. The molecule has 11 heteroatoms. The highest BCUT2D eigenvalue weighted by Gasteiger charge is 2.34. The number of hydrogen-bond donors (Lipinski definition) is 0. The predicted molar refractivity (Wildman–Crippen MR) is 101 cm³/mol. The molecule has 28 heavy (non-hydrogen) atoms. The van der Waals surface area contributed by atoms with Gasteiger partial charge >= 0.3 is 0 Å². The van der Waals surface area contributed by atoms with Crippen LogP contribution < -0.4 is 9.47 Å². The first kappa shape index (κ1) is 19.1. The molecule has 0 radical (unpaired) electrons. The summed E-state index contributed by atoms with van der Waals surface area (Å²) in [5, 5.41) is 7.80. The first-order valence-electron chi connectivity index (χ1n) is 8.70. The van der Waals surface area contributed by atoms with Gasteiger partial charge < -0.3 is 18.8 Å². The molecule has 1 aromatic carbocycles. The Labute approximate surface area is 166 Å². The zero-order valence-corrected chi connectivity index (χ0v) is 17.0. The number of nitrogens with zero attached hydrogens (tertiary/aromatic N) is 3. The van der Waals surface area contributed by atoms with Crippen molar-refractivity contribution < 1.29 is 27.1 Å². The fraction of sp³-hybridized carbons (Fsp3) is 0.471. The summed E-state index contributed by atoms with van der Waals surface area (Å²) in [7, 11) is -1.42. The van der Waals surface area contributed by atoms with Crippen molar-refractivity contribution in [3.05, 3.63) is 18.2 Å². The molecule has 1 aromatic heterocycles. The second-order valence-electron chi connectivity index (χ2n) is 6.71. The van der Waals surface area contributed by atoms with Crippen LogP contribution in [0.5, 0.6) is 11.5 Å². The van der Waals surface area contributed by atoms with E-state index in [2.05, 4.69) is 10.2 Å². The maximum atomic E-state index is 12.6. The molecular formula is C17H19N3O6S2. The monoisotopic (exact) mass is 425 g/mol. The number of fused-ring (bicyclic) bond motifs is 1. The minimum atomic E-state index is -3.05. The van der Waals surface area contributed by atoms with Crippen molar-refractivity contribution in [2.75, 3.05) is 25.3 Å². The smallest absolute Gasteiger partial charge is 0.277 e. The molecule has 150 valence electrons. The van der Waals surface area contributed by atoms with Crippen LogP contribution in [0.15, 0.2) is 27.8 Å². The zero-order chi connectivity index (χ0) is 19.9. The van der Waals surface area contributed by atoms with E-state index in [-0.39, 0.29) is 35.5 Å². The lowest BCUT2D eigenvalue weighted by Crippen LogP contribution is -2.41. The normalized spacial score (nSPS) is 20.9. The number of hydrogen-bond acceptors (Lipinski definition) is 9. The third kappa shape index (κ3) is 3.81. The van der Waals surface area contributed by atoms with Crippen molar-refractivity contribution >= 4 is 27.5 Å². The number of carbonyl (C=O) groups excluding carboxylic acids is 1. The molecule has 2 aromatic rings. The molecule has 3 heterocycles. The number of rotatable bonds is 5. The minimum Gasteiger partial charge on any atom is -0.454 e. The van der Waals surface area contributed by atoms with E-state index in [0.29, 0.717) is 29.4 Å². The Morgan fingerprint density at radius 2 is 2.07 bits per heavy atom. The summed E-state index contributed by atoms with van der Waals surface area (Å²) in [5.74, 6) is 1.56. The van der Waals surface area contributed by atoms with Gasteiger partial charge in [-0.1, -0.05) is 11.8 Å². The molecule has 1 fully saturated rings. The molecule has 0 spiro atoms. The van der Waals surface area contributed by atoms with E-state index in [1.54, 1.807) is 32.2 Å². The van der Waals surface area contributed by atoms with E-state index in [4.69, 9.17) is 13.9 Å². The molecule has 9 nitrogen and oxygen atoms in total. The van der Waals surface area contributed by atoms with Crippen LogP contribution in [0.2, 0.25) is 0 Å². The largest absolute Gasteiger partial charge is 0.454 e. The summed E-state index contributed by atoms with van der Waals surface area (Å²) in [6.07, 6.45) is 0.469. The van der Waals surface area contributed by atoms with Gasteiger partial charge in [0.1, 0.15) is 0 Å². The number of aromatic nitrogens is 2. The summed E-state index contributed by atoms with van der Waals surface area (Å²) in [4.78, 5) is 14.2. The Balaban J connectivity index is 1.41. The van der Waals surface area contributed by atoms with Gasteiger partial charge in [-0.05, 0) is 31.5 Å². The minimum absolute atomic E-state index is 0.0153. The van der Waals surface area contributed by atoms with Crippen LogP contribution >= 0.6 is 11.8 Å². The van der Waals surface area contributed by atoms with Gasteiger partial charge in [0.25, 0.3) is 5.22 Å². The molecule has 2 aliphatic rings. The molecule has 2 aliphatic heterocycles. The standard InChI is InChI=1S/C17H19N3O6S2/c1-10(16(21)20(2)12-5-6-28(22,23)8-12)27-17-19-18-15(26-17)11-3-4-13-14(7-11)25-9-24-13/h3-4,7,10,12H,5-6,8-9H2,1-2H3/t10-,12-/m0/s1. The molecule has 0 bridgehead atoms. The molecule has 1 amide bonds. The van der Waals surface area contributed by atoms with Gasteiger partial charge in [-0.3, -0.25) is 4.79 Å². The summed E-state index contributed by atoms with van der Waals surface area (Å²) in [5.41, 5.74) is 0.691. The van der Waals surface area contributed by atoms with Gasteiger partial charge in [-0.15, -0.1) is 10.2 Å². The van der Waals surface area contributed by atoms with E-state index in [1.165, 1.54) is 4.90 Å². The Bertz CT molecular complexity index is 1010. The fourth-order valence-corrected chi connectivity index (χ4v) is 5.71. The Kier molecular flexibility index (Phi) is 4.96. The number of benzene rings is 1. The number of ether oxygens (including phenoxy) is 2. The molecule has 2 atom stereocenters. The van der Waals surface area contributed by atoms with Gasteiger partial charge in [-0.2, -0.15) is 0 Å². The third-order valence-electron chi connectivity index (χ3n) is 4.76. The van der Waals surface area contributed by atoms with Crippen LogP contribution in [-0.2, 0) is 14.6 Å². The highest BCUT2D eigenvalue weighted by atomic mass is 32.2. The van der Waals surface area contributed by atoms with E-state index in [1.807, 2.05) is 0 Å². The highest BCUT2D eigenvalue weighted by molar-refractivity contribution is 8.00. The van der Waals surface area contributed by atoms with Crippen molar-refractivity contribution in [2.24, 2.45) is 0 Å². The fourth-order valence-electron chi connectivity index (χ4n) is 3.15. The van der Waals surface area contributed by atoms with Crippen LogP contribution in [0.1, 0.15) is 13.3 Å². The summed E-state index contributed by atoms with van der Waals surface area (Å²) < 4.78 is 39.6. The lowest BCUT2D eigenvalue weighted by molar-refractivity contribution is -0.130. The van der Waals surface area contributed by atoms with E-state index < -0.39 is 15.1 Å². The first-order chi connectivity index (χ1) is 13.3. The van der Waals surface area contributed by atoms with Gasteiger partial charge in [-0.25, -0.2) is 8.42 Å². The van der Waals surface area contributed by atoms with Crippen molar-refractivity contribution in [3.63, 3.8) is 0 Å². The predicted octanol–water partition coefficient (Wildman–Crippen LogP) is 1.59. The van der Waals surface area contributed by atoms with Crippen molar-refractivity contribution in [2.45, 2.75) is 29.9 Å². The second-order valence-corrected chi connectivity index (χ2v) is 10.2. The third-order valence-corrected chi connectivity index (χ3v) is 7.43. The quantitative estimate of drug-likeness (QED) is 0.659. The lowest BCUT2D eigenvalue weighted by atomic mass is 10.2. The van der Waals surface area contributed by atoms with E-state index >= 15 is 0 Å². The molecule has 0 unspecified atom stereocenters. The average molecular weight is 425 g/mol. The average Bonchev–Trinajstić information content (AvgIpc) is 3.39. The summed E-state index contributed by atoms with van der Waals surface area (Å²) >= 11 is 1.14. The van der Waals surface area contributed by atoms with E-state index in [9.17, 15) is 13.2 Å². The summed E-state index contributed by atoms with van der Waals surface area (Å²) in [6.45, 7) is 1.91. The van der Waals surface area contributed by atoms with Crippen LogP contribution in [0.25, 0.3) is 11.5 Å². The maximum absolute atomic E-state index is 12.6. The number of amides is 1. The first-order valence-corrected chi connectivity index (χ1v) is 11.4. The van der Waals surface area contributed by atoms with Crippen molar-refractivity contribution in [3.8, 4) is 23.0 Å². The molecule has 4 rings (SSSR count). The van der Waals surface area contributed by atoms with Crippen LogP contribution in [0, 0.1) is 0 Å². The Hall–Kier alpha value is -2.27. The summed E-state index contributed by atoms with van der Waals surface area (Å²) in [6, 6.07) is 5.03. The van der Waals surface area contributed by atoms with Crippen LogP contribution in [0.4, 0.5) is 0 Å². The molecule has 0 N–H and O–H groups in total. The number of carbonyl (C=O) groups is 1. The van der Waals surface area contributed by atoms with Crippen molar-refractivity contribution in [1.29, 1.82) is 0 Å². The zero-order valence-electron chi connectivity index (χ0n) is 15.3. The highest BCUT2D eigenvalue weighted by Crippen LogP contribution is 2.36.